The van der Waals surface area contributed by atoms with Gasteiger partial charge in [0.05, 0.1) is 5.56 Å². The van der Waals surface area contributed by atoms with E-state index in [4.69, 9.17) is 5.73 Å². The lowest BCUT2D eigenvalue weighted by atomic mass is 10.2. The topological polar surface area (TPSA) is 81.8 Å². The van der Waals surface area contributed by atoms with Crippen molar-refractivity contribution in [2.75, 3.05) is 0 Å². The summed E-state index contributed by atoms with van der Waals surface area (Å²) in [5.74, 6) is -0.496. The second-order valence-electron chi connectivity index (χ2n) is 2.57. The van der Waals surface area contributed by atoms with Gasteiger partial charge in [0.15, 0.2) is 0 Å². The first-order chi connectivity index (χ1) is 6.77. The average molecular weight is 206 g/mol. The fraction of sp³-hybridized carbons (Fsp3) is 0. The van der Waals surface area contributed by atoms with Crippen molar-refractivity contribution in [2.24, 2.45) is 5.73 Å². The van der Waals surface area contributed by atoms with Gasteiger partial charge in [-0.25, -0.2) is 0 Å². The maximum Gasteiger partial charge on any atom is 0.250 e. The summed E-state index contributed by atoms with van der Waals surface area (Å²) in [7, 11) is 0. The third-order valence-electron chi connectivity index (χ3n) is 1.63. The molecule has 5 nitrogen and oxygen atoms in total. The summed E-state index contributed by atoms with van der Waals surface area (Å²) < 4.78 is 0. The van der Waals surface area contributed by atoms with Crippen LogP contribution in [0.15, 0.2) is 24.0 Å². The van der Waals surface area contributed by atoms with E-state index in [1.807, 2.05) is 0 Å². The molecule has 0 aromatic carbocycles. The summed E-state index contributed by atoms with van der Waals surface area (Å²) in [4.78, 5) is 14.8. The number of primary amides is 1. The third kappa shape index (κ3) is 1.60. The Labute approximate surface area is 83.6 Å². The number of hydrogen-bond donors (Lipinski definition) is 1. The molecule has 2 heterocycles. The zero-order chi connectivity index (χ0) is 9.97. The summed E-state index contributed by atoms with van der Waals surface area (Å²) in [6, 6.07) is 1.65. The minimum absolute atomic E-state index is 0.373. The number of pyridine rings is 1. The Morgan fingerprint density at radius 1 is 1.43 bits per heavy atom. The molecule has 2 N–H and O–H groups in total. The van der Waals surface area contributed by atoms with Crippen LogP contribution in [0, 0.1) is 0 Å². The molecular weight excluding hydrogens is 200 g/mol. The van der Waals surface area contributed by atoms with Crippen molar-refractivity contribution in [3.05, 3.63) is 29.5 Å². The Bertz CT molecular complexity index is 454. The molecule has 2 aromatic rings. The Kier molecular flexibility index (Phi) is 2.19. The number of amides is 1. The standard InChI is InChI=1S/C8H6N4OS/c9-7(13)5-1-6(3-10-2-5)8-12-11-4-14-8/h1-4H,(H2,9,13). The SMILES string of the molecule is NC(=O)c1cncc(-c2nncs2)c1. The Morgan fingerprint density at radius 2 is 2.29 bits per heavy atom. The lowest BCUT2D eigenvalue weighted by molar-refractivity contribution is 0.1000. The van der Waals surface area contributed by atoms with Crippen LogP contribution in [0.25, 0.3) is 10.6 Å². The van der Waals surface area contributed by atoms with Gasteiger partial charge in [0, 0.05) is 18.0 Å². The molecule has 0 aliphatic carbocycles. The molecule has 0 unspecified atom stereocenters. The maximum absolute atomic E-state index is 10.9. The normalized spacial score (nSPS) is 10.0. The number of nitrogens with zero attached hydrogens (tertiary/aromatic N) is 3. The van der Waals surface area contributed by atoms with E-state index < -0.39 is 5.91 Å². The monoisotopic (exact) mass is 206 g/mol. The molecule has 14 heavy (non-hydrogen) atoms. The lowest BCUT2D eigenvalue weighted by Crippen LogP contribution is -2.11. The molecule has 70 valence electrons. The highest BCUT2D eigenvalue weighted by Crippen LogP contribution is 2.19. The predicted molar refractivity (Wildman–Crippen MR) is 51.7 cm³/mol. The van der Waals surface area contributed by atoms with Crippen molar-refractivity contribution in [3.8, 4) is 10.6 Å². The number of nitrogens with two attached hydrogens (primary N) is 1. The Morgan fingerprint density at radius 3 is 2.93 bits per heavy atom. The molecule has 1 amide bonds. The zero-order valence-corrected chi connectivity index (χ0v) is 7.86. The Balaban J connectivity index is 2.46. The van der Waals surface area contributed by atoms with E-state index in [1.165, 1.54) is 17.5 Å². The first kappa shape index (κ1) is 8.76. The largest absolute Gasteiger partial charge is 0.366 e. The van der Waals surface area contributed by atoms with E-state index in [-0.39, 0.29) is 0 Å². The van der Waals surface area contributed by atoms with Crippen LogP contribution in [0.5, 0.6) is 0 Å². The number of aromatic nitrogens is 3. The van der Waals surface area contributed by atoms with Gasteiger partial charge in [0.25, 0.3) is 0 Å². The van der Waals surface area contributed by atoms with Crippen molar-refractivity contribution in [2.45, 2.75) is 0 Å². The highest BCUT2D eigenvalue weighted by atomic mass is 32.1. The summed E-state index contributed by atoms with van der Waals surface area (Å²) >= 11 is 1.38. The van der Waals surface area contributed by atoms with Crippen LogP contribution in [-0.2, 0) is 0 Å². The van der Waals surface area contributed by atoms with Gasteiger partial charge in [0.2, 0.25) is 5.91 Å². The van der Waals surface area contributed by atoms with E-state index in [2.05, 4.69) is 15.2 Å². The van der Waals surface area contributed by atoms with Crippen LogP contribution in [0.2, 0.25) is 0 Å². The van der Waals surface area contributed by atoms with Crippen molar-refractivity contribution < 1.29 is 4.79 Å². The van der Waals surface area contributed by atoms with Gasteiger partial charge in [-0.05, 0) is 6.07 Å². The summed E-state index contributed by atoms with van der Waals surface area (Å²) in [6.45, 7) is 0. The number of carbonyl (C=O) groups is 1. The van der Waals surface area contributed by atoms with Crippen LogP contribution in [0.3, 0.4) is 0 Å². The molecule has 0 atom stereocenters. The van der Waals surface area contributed by atoms with Crippen LogP contribution < -0.4 is 5.73 Å². The molecule has 0 aliphatic heterocycles. The van der Waals surface area contributed by atoms with Crippen LogP contribution in [0.1, 0.15) is 10.4 Å². The Hall–Kier alpha value is -1.82. The van der Waals surface area contributed by atoms with Crippen molar-refractivity contribution in [3.63, 3.8) is 0 Å². The van der Waals surface area contributed by atoms with E-state index in [0.717, 1.165) is 10.6 Å². The minimum atomic E-state index is -0.496. The van der Waals surface area contributed by atoms with E-state index >= 15 is 0 Å². The summed E-state index contributed by atoms with van der Waals surface area (Å²) in [6.07, 6.45) is 3.04. The molecule has 0 radical (unpaired) electrons. The smallest absolute Gasteiger partial charge is 0.250 e. The molecule has 2 rings (SSSR count). The van der Waals surface area contributed by atoms with Gasteiger partial charge < -0.3 is 5.73 Å². The number of rotatable bonds is 2. The first-order valence-electron chi connectivity index (χ1n) is 3.79. The maximum atomic E-state index is 10.9. The minimum Gasteiger partial charge on any atom is -0.366 e. The van der Waals surface area contributed by atoms with Crippen molar-refractivity contribution in [1.82, 2.24) is 15.2 Å². The number of hydrogen-bond acceptors (Lipinski definition) is 5. The summed E-state index contributed by atoms with van der Waals surface area (Å²) in [5.41, 5.74) is 7.87. The van der Waals surface area contributed by atoms with E-state index in [0.29, 0.717) is 5.56 Å². The van der Waals surface area contributed by atoms with Gasteiger partial charge >= 0.3 is 0 Å². The third-order valence-corrected chi connectivity index (χ3v) is 2.37. The molecule has 0 aliphatic rings. The van der Waals surface area contributed by atoms with Gasteiger partial charge in [-0.3, -0.25) is 9.78 Å². The molecule has 0 saturated carbocycles. The molecule has 2 aromatic heterocycles. The van der Waals surface area contributed by atoms with E-state index in [1.54, 1.807) is 17.8 Å². The lowest BCUT2D eigenvalue weighted by Gasteiger charge is -1.97. The molecular formula is C8H6N4OS. The molecule has 0 bridgehead atoms. The molecule has 0 fully saturated rings. The van der Waals surface area contributed by atoms with Gasteiger partial charge in [0.1, 0.15) is 10.5 Å². The van der Waals surface area contributed by atoms with Crippen LogP contribution >= 0.6 is 11.3 Å². The van der Waals surface area contributed by atoms with Gasteiger partial charge in [-0.1, -0.05) is 11.3 Å². The second-order valence-corrected chi connectivity index (χ2v) is 3.40. The van der Waals surface area contributed by atoms with Crippen molar-refractivity contribution in [1.29, 1.82) is 0 Å². The average Bonchev–Trinajstić information content (AvgIpc) is 2.71. The van der Waals surface area contributed by atoms with Crippen molar-refractivity contribution >= 4 is 17.2 Å². The van der Waals surface area contributed by atoms with Crippen LogP contribution in [0.4, 0.5) is 0 Å². The first-order valence-corrected chi connectivity index (χ1v) is 4.67. The summed E-state index contributed by atoms with van der Waals surface area (Å²) in [5, 5.41) is 8.28. The van der Waals surface area contributed by atoms with Gasteiger partial charge in [-0.2, -0.15) is 0 Å². The van der Waals surface area contributed by atoms with E-state index in [9.17, 15) is 4.79 Å². The highest BCUT2D eigenvalue weighted by Gasteiger charge is 2.05. The second kappa shape index (κ2) is 3.51. The van der Waals surface area contributed by atoms with Crippen LogP contribution in [-0.4, -0.2) is 21.1 Å². The molecule has 0 saturated heterocycles. The quantitative estimate of drug-likeness (QED) is 0.784. The predicted octanol–water partition coefficient (Wildman–Crippen LogP) is 0.699. The molecule has 0 spiro atoms. The fourth-order valence-electron chi connectivity index (χ4n) is 0.990. The van der Waals surface area contributed by atoms with Gasteiger partial charge in [-0.15, -0.1) is 10.2 Å². The highest BCUT2D eigenvalue weighted by molar-refractivity contribution is 7.12. The molecule has 6 heteroatoms. The number of carbonyl (C=O) groups excluding carboxylic acids is 1. The zero-order valence-electron chi connectivity index (χ0n) is 7.04. The fourth-order valence-corrected chi connectivity index (χ4v) is 1.53.